The molecule has 0 aliphatic carbocycles. The molecule has 0 fully saturated rings. The number of rotatable bonds is 8. The summed E-state index contributed by atoms with van der Waals surface area (Å²) in [5, 5.41) is 2.73. The van der Waals surface area contributed by atoms with E-state index in [2.05, 4.69) is 5.32 Å². The molecule has 0 aliphatic heterocycles. The predicted molar refractivity (Wildman–Crippen MR) is 77.6 cm³/mol. The van der Waals surface area contributed by atoms with Crippen LogP contribution >= 0.6 is 0 Å². The van der Waals surface area contributed by atoms with Crippen molar-refractivity contribution in [3.05, 3.63) is 29.8 Å². The smallest absolute Gasteiger partial charge is 0.252 e. The fourth-order valence-electron chi connectivity index (χ4n) is 1.70. The predicted octanol–water partition coefficient (Wildman–Crippen LogP) is 1.64. The van der Waals surface area contributed by atoms with Crippen LogP contribution in [-0.2, 0) is 14.6 Å². The highest BCUT2D eigenvalue weighted by Crippen LogP contribution is 2.17. The molecule has 0 aliphatic rings. The van der Waals surface area contributed by atoms with Crippen LogP contribution in [-0.4, -0.2) is 40.3 Å². The maximum absolute atomic E-state index is 12.2. The Bertz CT molecular complexity index is 540. The van der Waals surface area contributed by atoms with Gasteiger partial charge in [-0.1, -0.05) is 25.5 Å². The molecule has 0 unspecified atom stereocenters. The number of ether oxygens (including phenoxy) is 1. The van der Waals surface area contributed by atoms with E-state index in [0.29, 0.717) is 6.54 Å². The maximum Gasteiger partial charge on any atom is 0.252 e. The van der Waals surface area contributed by atoms with Crippen LogP contribution in [0.3, 0.4) is 0 Å². The van der Waals surface area contributed by atoms with E-state index in [1.54, 1.807) is 12.1 Å². The second-order valence-corrected chi connectivity index (χ2v) is 6.49. The molecule has 0 atom stereocenters. The third kappa shape index (κ3) is 4.61. The van der Waals surface area contributed by atoms with Crippen LogP contribution in [0, 0.1) is 0 Å². The summed E-state index contributed by atoms with van der Waals surface area (Å²) in [6.07, 6.45) is 1.83. The van der Waals surface area contributed by atoms with E-state index >= 15 is 0 Å². The van der Waals surface area contributed by atoms with Crippen LogP contribution in [0.5, 0.6) is 0 Å². The minimum absolute atomic E-state index is 0.0612. The zero-order chi connectivity index (χ0) is 15.0. The zero-order valence-corrected chi connectivity index (χ0v) is 12.7. The zero-order valence-electron chi connectivity index (χ0n) is 11.9. The van der Waals surface area contributed by atoms with Gasteiger partial charge in [0.05, 0.1) is 22.8 Å². The number of methoxy groups -OCH3 is 1. The molecule has 1 aromatic carbocycles. The van der Waals surface area contributed by atoms with Gasteiger partial charge >= 0.3 is 0 Å². The van der Waals surface area contributed by atoms with Gasteiger partial charge in [-0.2, -0.15) is 0 Å². The number of carbonyl (C=O) groups is 1. The molecule has 0 bridgehead atoms. The first kappa shape index (κ1) is 16.7. The van der Waals surface area contributed by atoms with Gasteiger partial charge in [0, 0.05) is 13.7 Å². The quantitative estimate of drug-likeness (QED) is 0.741. The lowest BCUT2D eigenvalue weighted by Crippen LogP contribution is -2.26. The Morgan fingerprint density at radius 2 is 2.00 bits per heavy atom. The molecule has 0 saturated heterocycles. The second kappa shape index (κ2) is 8.01. The summed E-state index contributed by atoms with van der Waals surface area (Å²) in [5.41, 5.74) is 0.194. The molecule has 5 nitrogen and oxygen atoms in total. The molecular formula is C14H21NO4S. The summed E-state index contributed by atoms with van der Waals surface area (Å²) >= 11 is 0. The number of carbonyl (C=O) groups excluding carboxylic acids is 1. The van der Waals surface area contributed by atoms with Crippen LogP contribution in [0.1, 0.15) is 30.1 Å². The van der Waals surface area contributed by atoms with E-state index in [1.807, 2.05) is 6.92 Å². The van der Waals surface area contributed by atoms with Crippen LogP contribution in [0.4, 0.5) is 0 Å². The number of hydrogen-bond acceptors (Lipinski definition) is 4. The molecule has 20 heavy (non-hydrogen) atoms. The minimum atomic E-state index is -3.51. The Hall–Kier alpha value is -1.40. The maximum atomic E-state index is 12.2. The van der Waals surface area contributed by atoms with Crippen LogP contribution < -0.4 is 5.32 Å². The number of hydrogen-bond donors (Lipinski definition) is 1. The minimum Gasteiger partial charge on any atom is -0.384 e. The molecule has 1 aromatic rings. The highest BCUT2D eigenvalue weighted by Gasteiger charge is 2.21. The Balaban J connectivity index is 2.96. The Morgan fingerprint density at radius 1 is 1.30 bits per heavy atom. The SMILES string of the molecule is CCCCNC(=O)c1ccccc1S(=O)(=O)CCOC. The van der Waals surface area contributed by atoms with Gasteiger partial charge < -0.3 is 10.1 Å². The van der Waals surface area contributed by atoms with E-state index in [4.69, 9.17) is 4.74 Å². The highest BCUT2D eigenvalue weighted by atomic mass is 32.2. The van der Waals surface area contributed by atoms with Gasteiger partial charge in [-0.25, -0.2) is 8.42 Å². The van der Waals surface area contributed by atoms with E-state index in [9.17, 15) is 13.2 Å². The van der Waals surface area contributed by atoms with Gasteiger partial charge in [-0.15, -0.1) is 0 Å². The molecular weight excluding hydrogens is 278 g/mol. The average molecular weight is 299 g/mol. The third-order valence-corrected chi connectivity index (χ3v) is 4.57. The largest absolute Gasteiger partial charge is 0.384 e. The summed E-state index contributed by atoms with van der Waals surface area (Å²) in [5.74, 6) is -0.488. The molecule has 1 amide bonds. The first-order valence-electron chi connectivity index (χ1n) is 6.62. The molecule has 0 saturated carbocycles. The molecule has 0 spiro atoms. The van der Waals surface area contributed by atoms with Crippen molar-refractivity contribution < 1.29 is 17.9 Å². The molecule has 1 N–H and O–H groups in total. The molecule has 112 valence electrons. The fourth-order valence-corrected chi connectivity index (χ4v) is 3.09. The lowest BCUT2D eigenvalue weighted by atomic mass is 10.2. The number of unbranched alkanes of at least 4 members (excludes halogenated alkanes) is 1. The lowest BCUT2D eigenvalue weighted by molar-refractivity contribution is 0.0950. The van der Waals surface area contributed by atoms with Crippen molar-refractivity contribution in [3.8, 4) is 0 Å². The topological polar surface area (TPSA) is 72.5 Å². The van der Waals surface area contributed by atoms with Crippen LogP contribution in [0.15, 0.2) is 29.2 Å². The average Bonchev–Trinajstić information content (AvgIpc) is 2.45. The first-order chi connectivity index (χ1) is 9.53. The molecule has 0 radical (unpaired) electrons. The third-order valence-electron chi connectivity index (χ3n) is 2.84. The fraction of sp³-hybridized carbons (Fsp3) is 0.500. The van der Waals surface area contributed by atoms with Crippen molar-refractivity contribution in [2.24, 2.45) is 0 Å². The normalized spacial score (nSPS) is 11.3. The Labute approximate surface area is 120 Å². The van der Waals surface area contributed by atoms with Crippen molar-refractivity contribution in [3.63, 3.8) is 0 Å². The number of amides is 1. The van der Waals surface area contributed by atoms with Crippen LogP contribution in [0.2, 0.25) is 0 Å². The summed E-state index contributed by atoms with van der Waals surface area (Å²) in [6.45, 7) is 2.67. The number of nitrogens with one attached hydrogen (secondary N) is 1. The van der Waals surface area contributed by atoms with E-state index in [1.165, 1.54) is 19.2 Å². The van der Waals surface area contributed by atoms with E-state index in [-0.39, 0.29) is 28.7 Å². The second-order valence-electron chi connectivity index (χ2n) is 4.42. The standard InChI is InChI=1S/C14H21NO4S/c1-3-4-9-15-14(16)12-7-5-6-8-13(12)20(17,18)11-10-19-2/h5-8H,3-4,9-11H2,1-2H3,(H,15,16). The van der Waals surface area contributed by atoms with Gasteiger partial charge in [0.2, 0.25) is 0 Å². The van der Waals surface area contributed by atoms with Gasteiger partial charge in [-0.3, -0.25) is 4.79 Å². The number of benzene rings is 1. The molecule has 6 heteroatoms. The molecule has 0 heterocycles. The highest BCUT2D eigenvalue weighted by molar-refractivity contribution is 7.91. The molecule has 1 rings (SSSR count). The van der Waals surface area contributed by atoms with Crippen molar-refractivity contribution in [2.45, 2.75) is 24.7 Å². The number of sulfone groups is 1. The van der Waals surface area contributed by atoms with E-state index < -0.39 is 9.84 Å². The van der Waals surface area contributed by atoms with Gasteiger partial charge in [-0.05, 0) is 18.6 Å². The monoisotopic (exact) mass is 299 g/mol. The van der Waals surface area contributed by atoms with Crippen molar-refractivity contribution in [1.29, 1.82) is 0 Å². The summed E-state index contributed by atoms with van der Waals surface area (Å²) in [4.78, 5) is 12.1. The molecule has 0 aromatic heterocycles. The Morgan fingerprint density at radius 3 is 2.65 bits per heavy atom. The summed E-state index contributed by atoms with van der Waals surface area (Å²) < 4.78 is 29.2. The summed E-state index contributed by atoms with van der Waals surface area (Å²) in [6, 6.07) is 6.26. The first-order valence-corrected chi connectivity index (χ1v) is 8.27. The van der Waals surface area contributed by atoms with Crippen molar-refractivity contribution in [2.75, 3.05) is 26.0 Å². The van der Waals surface area contributed by atoms with Crippen LogP contribution in [0.25, 0.3) is 0 Å². The van der Waals surface area contributed by atoms with Gasteiger partial charge in [0.25, 0.3) is 5.91 Å². The van der Waals surface area contributed by atoms with Gasteiger partial charge in [0.1, 0.15) is 0 Å². The van der Waals surface area contributed by atoms with Gasteiger partial charge in [0.15, 0.2) is 9.84 Å². The van der Waals surface area contributed by atoms with E-state index in [0.717, 1.165) is 12.8 Å². The summed E-state index contributed by atoms with van der Waals surface area (Å²) in [7, 11) is -2.07. The van der Waals surface area contributed by atoms with Crippen molar-refractivity contribution >= 4 is 15.7 Å². The lowest BCUT2D eigenvalue weighted by Gasteiger charge is -2.10. The Kier molecular flexibility index (Phi) is 6.67. The van der Waals surface area contributed by atoms with Crippen molar-refractivity contribution in [1.82, 2.24) is 5.32 Å².